The summed E-state index contributed by atoms with van der Waals surface area (Å²) in [6.45, 7) is 3.25. The lowest BCUT2D eigenvalue weighted by atomic mass is 9.78. The predicted octanol–water partition coefficient (Wildman–Crippen LogP) is 5.55. The highest BCUT2D eigenvalue weighted by molar-refractivity contribution is 6.30. The van der Waals surface area contributed by atoms with Crippen LogP contribution < -0.4 is 0 Å². The summed E-state index contributed by atoms with van der Waals surface area (Å²) < 4.78 is 0. The summed E-state index contributed by atoms with van der Waals surface area (Å²) in [6.07, 6.45) is 2.18. The number of carboxylic acid groups (broad SMARTS) is 1. The van der Waals surface area contributed by atoms with Crippen molar-refractivity contribution in [1.29, 1.82) is 0 Å². The van der Waals surface area contributed by atoms with E-state index in [1.165, 1.54) is 11.1 Å². The summed E-state index contributed by atoms with van der Waals surface area (Å²) >= 11 is 12.2. The van der Waals surface area contributed by atoms with E-state index in [4.69, 9.17) is 23.2 Å². The van der Waals surface area contributed by atoms with Crippen molar-refractivity contribution < 1.29 is 9.90 Å². The fourth-order valence-electron chi connectivity index (χ4n) is 4.67. The number of amides is 1. The molecule has 2 aromatic rings. The van der Waals surface area contributed by atoms with E-state index in [2.05, 4.69) is 29.2 Å². The van der Waals surface area contributed by atoms with Crippen LogP contribution in [-0.2, 0) is 0 Å². The maximum absolute atomic E-state index is 11.2. The van der Waals surface area contributed by atoms with Crippen LogP contribution in [0.1, 0.15) is 36.4 Å². The van der Waals surface area contributed by atoms with Crippen molar-refractivity contribution in [2.24, 2.45) is 5.41 Å². The number of halogens is 2. The lowest BCUT2D eigenvalue weighted by molar-refractivity contribution is 0.0896. The fourth-order valence-corrected chi connectivity index (χ4v) is 4.93. The molecule has 0 saturated carbocycles. The number of nitrogens with zero attached hydrogens (tertiary/aromatic N) is 2. The molecule has 2 aliphatic heterocycles. The Bertz CT molecular complexity index is 785. The predicted molar refractivity (Wildman–Crippen MR) is 112 cm³/mol. The minimum Gasteiger partial charge on any atom is -0.465 e. The van der Waals surface area contributed by atoms with Gasteiger partial charge >= 0.3 is 6.09 Å². The Morgan fingerprint density at radius 1 is 0.857 bits per heavy atom. The molecule has 148 valence electrons. The molecule has 0 aromatic heterocycles. The first-order valence-electron chi connectivity index (χ1n) is 9.69. The van der Waals surface area contributed by atoms with Crippen LogP contribution in [0.25, 0.3) is 0 Å². The number of rotatable bonds is 3. The van der Waals surface area contributed by atoms with Gasteiger partial charge in [-0.05, 0) is 66.6 Å². The smallest absolute Gasteiger partial charge is 0.407 e. The highest BCUT2D eigenvalue weighted by Crippen LogP contribution is 2.44. The second-order valence-corrected chi connectivity index (χ2v) is 8.87. The molecule has 1 N–H and O–H groups in total. The highest BCUT2D eigenvalue weighted by Gasteiger charge is 2.43. The first-order chi connectivity index (χ1) is 13.5. The second kappa shape index (κ2) is 7.94. The van der Waals surface area contributed by atoms with Gasteiger partial charge in [-0.15, -0.1) is 0 Å². The minimum atomic E-state index is -0.801. The van der Waals surface area contributed by atoms with Gasteiger partial charge in [0, 0.05) is 29.7 Å². The lowest BCUT2D eigenvalue weighted by Crippen LogP contribution is -2.44. The quantitative estimate of drug-likeness (QED) is 0.710. The van der Waals surface area contributed by atoms with Crippen molar-refractivity contribution in [3.8, 4) is 0 Å². The molecule has 2 fully saturated rings. The fraction of sp³-hybridized carbons (Fsp3) is 0.409. The van der Waals surface area contributed by atoms with Crippen molar-refractivity contribution in [3.05, 3.63) is 69.7 Å². The molecule has 2 aromatic carbocycles. The topological polar surface area (TPSA) is 43.8 Å². The van der Waals surface area contributed by atoms with Gasteiger partial charge < -0.3 is 10.0 Å². The molecule has 4 nitrogen and oxygen atoms in total. The second-order valence-electron chi connectivity index (χ2n) is 8.00. The van der Waals surface area contributed by atoms with Gasteiger partial charge in [0.1, 0.15) is 0 Å². The van der Waals surface area contributed by atoms with E-state index in [0.29, 0.717) is 13.1 Å². The van der Waals surface area contributed by atoms with Crippen molar-refractivity contribution in [1.82, 2.24) is 9.80 Å². The molecular formula is C22H24Cl2N2O2. The third-order valence-corrected chi connectivity index (χ3v) is 6.80. The summed E-state index contributed by atoms with van der Waals surface area (Å²) in [5.41, 5.74) is 2.64. The Hall–Kier alpha value is -1.75. The van der Waals surface area contributed by atoms with Crippen molar-refractivity contribution >= 4 is 29.3 Å². The summed E-state index contributed by atoms with van der Waals surface area (Å²) in [7, 11) is 0. The molecule has 0 aliphatic carbocycles. The van der Waals surface area contributed by atoms with Gasteiger partial charge in [-0.3, -0.25) is 4.90 Å². The molecule has 28 heavy (non-hydrogen) atoms. The number of benzene rings is 2. The van der Waals surface area contributed by atoms with Gasteiger partial charge in [-0.1, -0.05) is 47.5 Å². The average molecular weight is 419 g/mol. The van der Waals surface area contributed by atoms with E-state index >= 15 is 0 Å². The third-order valence-electron chi connectivity index (χ3n) is 6.30. The number of piperidine rings is 1. The molecular weight excluding hydrogens is 395 g/mol. The summed E-state index contributed by atoms with van der Waals surface area (Å²) in [5.74, 6) is 0. The highest BCUT2D eigenvalue weighted by atomic mass is 35.5. The van der Waals surface area contributed by atoms with Gasteiger partial charge in [0.25, 0.3) is 0 Å². The van der Waals surface area contributed by atoms with E-state index in [-0.39, 0.29) is 11.5 Å². The molecule has 6 heteroatoms. The zero-order valence-electron chi connectivity index (χ0n) is 15.7. The van der Waals surface area contributed by atoms with Gasteiger partial charge in [0.05, 0.1) is 6.04 Å². The van der Waals surface area contributed by atoms with Crippen molar-refractivity contribution in [2.45, 2.75) is 25.3 Å². The van der Waals surface area contributed by atoms with Gasteiger partial charge in [-0.25, -0.2) is 4.79 Å². The lowest BCUT2D eigenvalue weighted by Gasteiger charge is -2.39. The minimum absolute atomic E-state index is 0.145. The van der Waals surface area contributed by atoms with Crippen molar-refractivity contribution in [3.63, 3.8) is 0 Å². The number of carbonyl (C=O) groups is 1. The molecule has 2 aliphatic rings. The summed E-state index contributed by atoms with van der Waals surface area (Å²) in [4.78, 5) is 15.3. The average Bonchev–Trinajstić information content (AvgIpc) is 3.08. The van der Waals surface area contributed by atoms with Crippen LogP contribution in [0.4, 0.5) is 4.79 Å². The van der Waals surface area contributed by atoms with Crippen LogP contribution in [0.2, 0.25) is 10.0 Å². The molecule has 1 amide bonds. The van der Waals surface area contributed by atoms with E-state index in [1.54, 1.807) is 4.90 Å². The maximum Gasteiger partial charge on any atom is 0.407 e. The molecule has 4 rings (SSSR count). The van der Waals surface area contributed by atoms with Crippen molar-refractivity contribution in [2.75, 3.05) is 26.2 Å². The summed E-state index contributed by atoms with van der Waals surface area (Å²) in [5, 5.41) is 10.7. The Morgan fingerprint density at radius 2 is 1.32 bits per heavy atom. The Kier molecular flexibility index (Phi) is 5.55. The molecule has 1 spiro atoms. The van der Waals surface area contributed by atoms with Gasteiger partial charge in [0.15, 0.2) is 0 Å². The first-order valence-corrected chi connectivity index (χ1v) is 10.4. The SMILES string of the molecule is O=C(O)N1CCC2(CC1)CCN(C(c1ccc(Cl)cc1)c1ccc(Cl)cc1)C2. The third kappa shape index (κ3) is 4.00. The van der Waals surface area contributed by atoms with Crippen LogP contribution >= 0.6 is 23.2 Å². The normalized spacial score (nSPS) is 19.5. The van der Waals surface area contributed by atoms with Gasteiger partial charge in [0.2, 0.25) is 0 Å². The van der Waals surface area contributed by atoms with E-state index in [1.807, 2.05) is 24.3 Å². The molecule has 2 heterocycles. The molecule has 0 unspecified atom stereocenters. The molecule has 0 atom stereocenters. The maximum atomic E-state index is 11.2. The molecule has 2 saturated heterocycles. The first kappa shape index (κ1) is 19.6. The molecule has 0 radical (unpaired) electrons. The van der Waals surface area contributed by atoms with Crippen LogP contribution in [0.3, 0.4) is 0 Å². The summed E-state index contributed by atoms with van der Waals surface area (Å²) in [6, 6.07) is 16.3. The largest absolute Gasteiger partial charge is 0.465 e. The van der Waals surface area contributed by atoms with Crippen LogP contribution in [0, 0.1) is 5.41 Å². The molecule has 0 bridgehead atoms. The van der Waals surface area contributed by atoms with Gasteiger partial charge in [-0.2, -0.15) is 0 Å². The van der Waals surface area contributed by atoms with E-state index < -0.39 is 6.09 Å². The van der Waals surface area contributed by atoms with Crippen LogP contribution in [0.15, 0.2) is 48.5 Å². The van der Waals surface area contributed by atoms with Crippen LogP contribution in [0.5, 0.6) is 0 Å². The monoisotopic (exact) mass is 418 g/mol. The Labute approximate surface area is 175 Å². The zero-order chi connectivity index (χ0) is 19.7. The Morgan fingerprint density at radius 3 is 1.79 bits per heavy atom. The van der Waals surface area contributed by atoms with E-state index in [0.717, 1.165) is 42.4 Å². The number of hydrogen-bond acceptors (Lipinski definition) is 2. The van der Waals surface area contributed by atoms with E-state index in [9.17, 15) is 9.90 Å². The van der Waals surface area contributed by atoms with Crippen LogP contribution in [-0.4, -0.2) is 47.2 Å². The Balaban J connectivity index is 1.58. The number of likely N-dealkylation sites (tertiary alicyclic amines) is 2. The standard InChI is InChI=1S/C22H24Cl2N2O2/c23-18-5-1-16(2-6-18)20(17-3-7-19(24)8-4-17)26-14-11-22(15-26)9-12-25(13-10-22)21(27)28/h1-8,20H,9-15H2,(H,27,28). The zero-order valence-corrected chi connectivity index (χ0v) is 17.2. The number of hydrogen-bond donors (Lipinski definition) is 1.